The van der Waals surface area contributed by atoms with E-state index in [2.05, 4.69) is 28.5 Å². The molecule has 0 amide bonds. The van der Waals surface area contributed by atoms with Gasteiger partial charge in [-0.25, -0.2) is 0 Å². The van der Waals surface area contributed by atoms with Gasteiger partial charge in [0.05, 0.1) is 27.2 Å². The number of hydrogen-bond donors (Lipinski definition) is 3. The van der Waals surface area contributed by atoms with Crippen LogP contribution < -0.4 is 10.1 Å². The molecule has 1 unspecified atom stereocenters. The number of rotatable bonds is 11. The van der Waals surface area contributed by atoms with Crippen LogP contribution in [0.1, 0.15) is 39.5 Å². The molecule has 0 aliphatic heterocycles. The van der Waals surface area contributed by atoms with Gasteiger partial charge in [0.2, 0.25) is 0 Å². The minimum atomic E-state index is -1.16. The summed E-state index contributed by atoms with van der Waals surface area (Å²) in [6.07, 6.45) is 4.91. The Morgan fingerprint density at radius 1 is 1.12 bits per heavy atom. The zero-order valence-electron chi connectivity index (χ0n) is 22.7. The highest BCUT2D eigenvalue weighted by atomic mass is 35.5. The number of ether oxygens (including phenoxy) is 1. The molecule has 5 rings (SSSR count). The molecule has 3 N–H and O–H groups in total. The zero-order chi connectivity index (χ0) is 30.5. The third kappa shape index (κ3) is 7.27. The predicted molar refractivity (Wildman–Crippen MR) is 169 cm³/mol. The van der Waals surface area contributed by atoms with Gasteiger partial charge in [-0.05, 0) is 65.4 Å². The van der Waals surface area contributed by atoms with E-state index in [1.54, 1.807) is 30.1 Å². The molecule has 0 radical (unpaired) electrons. The number of thioether (sulfide) groups is 1. The van der Waals surface area contributed by atoms with Gasteiger partial charge in [-0.1, -0.05) is 59.1 Å². The standard InChI is InChI=1S/C32H26Cl3N3O4S/c33-25-6-4-20(9-26(25)34)22-2-1-3-24-23(22)5-7-30(24)43-31-11-29(42-17-19-8-18(12-36)13-37-14-19)21(10-27(31)35)15-38-28(16-39)32(40)41/h1-4,6,8-11,13-14,28,30,38-39H,5,7,15-17H2,(H,40,41)/t28?,30-/m0/s1. The number of aliphatic hydroxyl groups excluding tert-OH is 1. The SMILES string of the molecule is N#Cc1cncc(COc2cc(S[C@H]3CCc4c(-c5ccc(Cl)c(Cl)c5)cccc43)c(Cl)cc2CNC(CO)C(=O)O)c1. The van der Waals surface area contributed by atoms with Gasteiger partial charge in [0, 0.05) is 40.2 Å². The van der Waals surface area contributed by atoms with Gasteiger partial charge in [0.15, 0.2) is 0 Å². The van der Waals surface area contributed by atoms with Crippen molar-refractivity contribution in [1.29, 1.82) is 5.26 Å². The molecule has 7 nitrogen and oxygen atoms in total. The Kier molecular flexibility index (Phi) is 10.1. The van der Waals surface area contributed by atoms with Crippen molar-refractivity contribution in [2.75, 3.05) is 6.61 Å². The Balaban J connectivity index is 1.43. The van der Waals surface area contributed by atoms with Gasteiger partial charge in [-0.3, -0.25) is 15.1 Å². The van der Waals surface area contributed by atoms with Crippen LogP contribution in [0.25, 0.3) is 11.1 Å². The third-order valence-corrected chi connectivity index (χ3v) is 9.70. The molecule has 0 spiro atoms. The van der Waals surface area contributed by atoms with E-state index in [9.17, 15) is 20.3 Å². The fourth-order valence-corrected chi connectivity index (χ4v) is 6.87. The monoisotopic (exact) mass is 653 g/mol. The topological polar surface area (TPSA) is 115 Å². The lowest BCUT2D eigenvalue weighted by Gasteiger charge is -2.19. The summed E-state index contributed by atoms with van der Waals surface area (Å²) >= 11 is 20.9. The van der Waals surface area contributed by atoms with Gasteiger partial charge < -0.3 is 14.9 Å². The molecule has 220 valence electrons. The number of carboxylic acids is 1. The lowest BCUT2D eigenvalue weighted by molar-refractivity contribution is -0.140. The highest BCUT2D eigenvalue weighted by Gasteiger charge is 2.27. The van der Waals surface area contributed by atoms with Crippen molar-refractivity contribution in [2.45, 2.75) is 42.2 Å². The van der Waals surface area contributed by atoms with Gasteiger partial charge >= 0.3 is 5.97 Å². The molecule has 4 aromatic rings. The van der Waals surface area contributed by atoms with E-state index in [4.69, 9.17) is 39.5 Å². The van der Waals surface area contributed by atoms with E-state index in [1.165, 1.54) is 17.3 Å². The first-order chi connectivity index (χ1) is 20.8. The average molecular weight is 655 g/mol. The van der Waals surface area contributed by atoms with E-state index in [0.717, 1.165) is 28.9 Å². The van der Waals surface area contributed by atoms with Gasteiger partial charge in [-0.2, -0.15) is 5.26 Å². The number of hydrogen-bond acceptors (Lipinski definition) is 7. The van der Waals surface area contributed by atoms with Crippen LogP contribution in [0.2, 0.25) is 15.1 Å². The molecule has 1 aromatic heterocycles. The highest BCUT2D eigenvalue weighted by molar-refractivity contribution is 7.99. The molecule has 11 heteroatoms. The number of carboxylic acid groups (broad SMARTS) is 1. The Labute approximate surface area is 268 Å². The Morgan fingerprint density at radius 3 is 2.70 bits per heavy atom. The van der Waals surface area contributed by atoms with Crippen molar-refractivity contribution in [3.05, 3.63) is 110 Å². The second-order valence-corrected chi connectivity index (χ2v) is 12.4. The summed E-state index contributed by atoms with van der Waals surface area (Å²) in [5.74, 6) is -0.658. The van der Waals surface area contributed by atoms with Crippen molar-refractivity contribution in [1.82, 2.24) is 10.3 Å². The number of carbonyl (C=O) groups is 1. The first kappa shape index (κ1) is 31.1. The zero-order valence-corrected chi connectivity index (χ0v) is 25.8. The summed E-state index contributed by atoms with van der Waals surface area (Å²) < 4.78 is 6.18. The quantitative estimate of drug-likeness (QED) is 0.153. The molecule has 0 bridgehead atoms. The normalized spacial score (nSPS) is 14.6. The largest absolute Gasteiger partial charge is 0.488 e. The van der Waals surface area contributed by atoms with Gasteiger partial charge in [-0.15, -0.1) is 11.8 Å². The molecule has 0 fully saturated rings. The van der Waals surface area contributed by atoms with Crippen LogP contribution >= 0.6 is 46.6 Å². The average Bonchev–Trinajstić information content (AvgIpc) is 3.42. The molecule has 1 aliphatic carbocycles. The molecular weight excluding hydrogens is 629 g/mol. The first-order valence-corrected chi connectivity index (χ1v) is 15.4. The smallest absolute Gasteiger partial charge is 0.323 e. The summed E-state index contributed by atoms with van der Waals surface area (Å²) in [6.45, 7) is -0.318. The molecule has 1 aliphatic rings. The van der Waals surface area contributed by atoms with E-state index in [1.807, 2.05) is 30.3 Å². The lowest BCUT2D eigenvalue weighted by Crippen LogP contribution is -2.39. The van der Waals surface area contributed by atoms with Crippen molar-refractivity contribution in [3.63, 3.8) is 0 Å². The summed E-state index contributed by atoms with van der Waals surface area (Å²) in [7, 11) is 0. The molecule has 2 atom stereocenters. The third-order valence-electron chi connectivity index (χ3n) is 7.17. The lowest BCUT2D eigenvalue weighted by atomic mass is 9.97. The van der Waals surface area contributed by atoms with Crippen LogP contribution in [-0.4, -0.2) is 33.8 Å². The van der Waals surface area contributed by atoms with Crippen molar-refractivity contribution in [3.8, 4) is 22.9 Å². The maximum atomic E-state index is 11.4. The van der Waals surface area contributed by atoms with Crippen molar-refractivity contribution < 1.29 is 19.7 Å². The number of nitrogens with zero attached hydrogens (tertiary/aromatic N) is 2. The van der Waals surface area contributed by atoms with Crippen LogP contribution in [0, 0.1) is 11.3 Å². The van der Waals surface area contributed by atoms with E-state index in [0.29, 0.717) is 37.5 Å². The number of aromatic nitrogens is 1. The van der Waals surface area contributed by atoms with Crippen LogP contribution in [0.3, 0.4) is 0 Å². The second-order valence-electron chi connectivity index (χ2n) is 9.97. The number of aliphatic hydroxyl groups is 1. The fraction of sp³-hybridized carbons (Fsp3) is 0.219. The predicted octanol–water partition coefficient (Wildman–Crippen LogP) is 7.47. The maximum absolute atomic E-state index is 11.4. The number of aliphatic carboxylic acids is 1. The molecule has 1 heterocycles. The number of fused-ring (bicyclic) bond motifs is 1. The van der Waals surface area contributed by atoms with E-state index < -0.39 is 18.6 Å². The number of halogens is 3. The number of pyridine rings is 1. The minimum absolute atomic E-state index is 0.104. The molecule has 0 saturated heterocycles. The molecular formula is C32H26Cl3N3O4S. The Morgan fingerprint density at radius 2 is 1.95 bits per heavy atom. The second kappa shape index (κ2) is 14.0. The summed E-state index contributed by atoms with van der Waals surface area (Å²) in [5.41, 5.74) is 6.39. The fourth-order valence-electron chi connectivity index (χ4n) is 5.02. The minimum Gasteiger partial charge on any atom is -0.488 e. The Bertz CT molecular complexity index is 1710. The number of nitrogens with one attached hydrogen (secondary N) is 1. The molecule has 3 aromatic carbocycles. The highest BCUT2D eigenvalue weighted by Crippen LogP contribution is 2.50. The van der Waals surface area contributed by atoms with Crippen molar-refractivity contribution >= 4 is 52.5 Å². The Hall–Kier alpha value is -3.29. The van der Waals surface area contributed by atoms with E-state index >= 15 is 0 Å². The van der Waals surface area contributed by atoms with Crippen LogP contribution in [0.4, 0.5) is 0 Å². The number of benzene rings is 3. The van der Waals surface area contributed by atoms with Gasteiger partial charge in [0.25, 0.3) is 0 Å². The van der Waals surface area contributed by atoms with Crippen LogP contribution in [0.5, 0.6) is 5.75 Å². The van der Waals surface area contributed by atoms with Crippen LogP contribution in [-0.2, 0) is 24.4 Å². The maximum Gasteiger partial charge on any atom is 0.323 e. The van der Waals surface area contributed by atoms with E-state index in [-0.39, 0.29) is 18.4 Å². The first-order valence-electron chi connectivity index (χ1n) is 13.4. The summed E-state index contributed by atoms with van der Waals surface area (Å²) in [4.78, 5) is 16.4. The van der Waals surface area contributed by atoms with Crippen LogP contribution in [0.15, 0.2) is 71.9 Å². The molecule has 0 saturated carbocycles. The summed E-state index contributed by atoms with van der Waals surface area (Å²) in [5, 5.41) is 32.5. The van der Waals surface area contributed by atoms with Crippen molar-refractivity contribution in [2.24, 2.45) is 0 Å². The van der Waals surface area contributed by atoms with Gasteiger partial charge in [0.1, 0.15) is 24.5 Å². The number of nitriles is 1. The summed E-state index contributed by atoms with van der Waals surface area (Å²) in [6, 6.07) is 18.2. The molecule has 43 heavy (non-hydrogen) atoms.